The van der Waals surface area contributed by atoms with E-state index in [2.05, 4.69) is 16.8 Å². The number of benzene rings is 1. The fourth-order valence-corrected chi connectivity index (χ4v) is 3.97. The molecule has 3 rings (SSSR count). The van der Waals surface area contributed by atoms with Crippen molar-refractivity contribution in [3.05, 3.63) is 54.5 Å². The molecule has 0 N–H and O–H groups in total. The van der Waals surface area contributed by atoms with E-state index in [1.807, 2.05) is 35.8 Å². The Morgan fingerprint density at radius 2 is 2.03 bits per heavy atom. The zero-order valence-corrected chi connectivity index (χ0v) is 18.9. The molecule has 0 aliphatic rings. The monoisotopic (exact) mass is 442 g/mol. The highest BCUT2D eigenvalue weighted by Crippen LogP contribution is 2.29. The zero-order chi connectivity index (χ0) is 22.4. The van der Waals surface area contributed by atoms with Crippen molar-refractivity contribution in [3.63, 3.8) is 0 Å². The summed E-state index contributed by atoms with van der Waals surface area (Å²) >= 11 is 1.35. The molecule has 1 aromatic carbocycles. The maximum Gasteiger partial charge on any atom is 0.233 e. The van der Waals surface area contributed by atoms with Gasteiger partial charge in [-0.05, 0) is 30.7 Å². The van der Waals surface area contributed by atoms with Crippen molar-refractivity contribution in [1.29, 1.82) is 0 Å². The van der Waals surface area contributed by atoms with Gasteiger partial charge in [0.15, 0.2) is 22.5 Å². The molecule has 0 radical (unpaired) electrons. The van der Waals surface area contributed by atoms with Crippen LogP contribution in [0.15, 0.2) is 52.8 Å². The van der Waals surface area contributed by atoms with Crippen LogP contribution >= 0.6 is 11.8 Å². The molecule has 2 heterocycles. The molecule has 3 aromatic rings. The van der Waals surface area contributed by atoms with Crippen molar-refractivity contribution < 1.29 is 18.7 Å². The maximum absolute atomic E-state index is 12.7. The van der Waals surface area contributed by atoms with E-state index in [1.165, 1.54) is 11.8 Å². The lowest BCUT2D eigenvalue weighted by Gasteiger charge is -2.18. The molecule has 0 spiro atoms. The van der Waals surface area contributed by atoms with Gasteiger partial charge in [0.25, 0.3) is 0 Å². The van der Waals surface area contributed by atoms with Gasteiger partial charge in [0.05, 0.1) is 31.8 Å². The standard InChI is InChI=1S/C22H26N4O4S/c1-6-10-26-21(17-9-11-30-15(17)2)23-24-22(26)31-14-20(27)25(3)13-16-7-8-18(28-4)19(12-16)29-5/h6-9,11-12H,1,10,13-14H2,2-5H3. The fourth-order valence-electron chi connectivity index (χ4n) is 3.08. The van der Waals surface area contributed by atoms with Crippen LogP contribution in [0.4, 0.5) is 0 Å². The molecule has 8 nitrogen and oxygen atoms in total. The molecule has 0 aliphatic carbocycles. The molecular weight excluding hydrogens is 416 g/mol. The molecular formula is C22H26N4O4S. The highest BCUT2D eigenvalue weighted by molar-refractivity contribution is 7.99. The predicted octanol–water partition coefficient (Wildman–Crippen LogP) is 3.80. The van der Waals surface area contributed by atoms with E-state index in [1.54, 1.807) is 38.5 Å². The molecule has 0 saturated heterocycles. The summed E-state index contributed by atoms with van der Waals surface area (Å²) in [5, 5.41) is 9.23. The van der Waals surface area contributed by atoms with Crippen LogP contribution in [-0.4, -0.2) is 52.6 Å². The maximum atomic E-state index is 12.7. The number of allylic oxidation sites excluding steroid dienone is 1. The third-order valence-corrected chi connectivity index (χ3v) is 5.70. The summed E-state index contributed by atoms with van der Waals surface area (Å²) < 4.78 is 17.9. The normalized spacial score (nSPS) is 10.7. The number of amides is 1. The van der Waals surface area contributed by atoms with Gasteiger partial charge in [-0.2, -0.15) is 0 Å². The van der Waals surface area contributed by atoms with Crippen LogP contribution in [0.2, 0.25) is 0 Å². The summed E-state index contributed by atoms with van der Waals surface area (Å²) in [5.74, 6) is 2.97. The van der Waals surface area contributed by atoms with Crippen molar-refractivity contribution in [1.82, 2.24) is 19.7 Å². The smallest absolute Gasteiger partial charge is 0.233 e. The lowest BCUT2D eigenvalue weighted by atomic mass is 10.2. The number of ether oxygens (including phenoxy) is 2. The molecule has 9 heteroatoms. The molecule has 0 atom stereocenters. The minimum absolute atomic E-state index is 0.0195. The van der Waals surface area contributed by atoms with Gasteiger partial charge >= 0.3 is 0 Å². The van der Waals surface area contributed by atoms with Crippen LogP contribution in [0.1, 0.15) is 11.3 Å². The van der Waals surface area contributed by atoms with E-state index in [4.69, 9.17) is 13.9 Å². The molecule has 0 fully saturated rings. The number of furan rings is 1. The second-order valence-corrected chi connectivity index (χ2v) is 7.77. The topological polar surface area (TPSA) is 82.6 Å². The van der Waals surface area contributed by atoms with Crippen LogP contribution in [0.5, 0.6) is 11.5 Å². The lowest BCUT2D eigenvalue weighted by molar-refractivity contribution is -0.127. The Morgan fingerprint density at radius 3 is 2.68 bits per heavy atom. The fraction of sp³-hybridized carbons (Fsp3) is 0.318. The van der Waals surface area contributed by atoms with Gasteiger partial charge in [-0.25, -0.2) is 0 Å². The Labute approximate surface area is 185 Å². The highest BCUT2D eigenvalue weighted by atomic mass is 32.2. The van der Waals surface area contributed by atoms with Gasteiger partial charge in [-0.3, -0.25) is 9.36 Å². The van der Waals surface area contributed by atoms with Crippen molar-refractivity contribution >= 4 is 17.7 Å². The summed E-state index contributed by atoms with van der Waals surface area (Å²) in [5.41, 5.74) is 1.82. The Morgan fingerprint density at radius 1 is 1.26 bits per heavy atom. The Hall–Kier alpha value is -3.20. The third-order valence-electron chi connectivity index (χ3n) is 4.75. The lowest BCUT2D eigenvalue weighted by Crippen LogP contribution is -2.28. The van der Waals surface area contributed by atoms with Gasteiger partial charge in [-0.1, -0.05) is 23.9 Å². The first-order valence-corrected chi connectivity index (χ1v) is 10.6. The van der Waals surface area contributed by atoms with Crippen LogP contribution < -0.4 is 9.47 Å². The summed E-state index contributed by atoms with van der Waals surface area (Å²) in [7, 11) is 4.95. The Kier molecular flexibility index (Phi) is 7.41. The molecule has 0 bridgehead atoms. The van der Waals surface area contributed by atoms with E-state index in [0.717, 1.165) is 16.9 Å². The first-order valence-electron chi connectivity index (χ1n) is 9.64. The molecule has 0 unspecified atom stereocenters. The summed E-state index contributed by atoms with van der Waals surface area (Å²) in [6.45, 7) is 6.68. The van der Waals surface area contributed by atoms with Crippen molar-refractivity contribution in [2.75, 3.05) is 27.0 Å². The zero-order valence-electron chi connectivity index (χ0n) is 18.1. The quantitative estimate of drug-likeness (QED) is 0.349. The molecule has 0 saturated carbocycles. The van der Waals surface area contributed by atoms with Gasteiger partial charge < -0.3 is 18.8 Å². The number of aromatic nitrogens is 3. The van der Waals surface area contributed by atoms with E-state index < -0.39 is 0 Å². The number of rotatable bonds is 10. The van der Waals surface area contributed by atoms with Crippen LogP contribution in [0.25, 0.3) is 11.4 Å². The number of hydrogen-bond donors (Lipinski definition) is 0. The highest BCUT2D eigenvalue weighted by Gasteiger charge is 2.19. The van der Waals surface area contributed by atoms with Crippen molar-refractivity contribution in [2.24, 2.45) is 0 Å². The first-order chi connectivity index (χ1) is 15.0. The summed E-state index contributed by atoms with van der Waals surface area (Å²) in [6, 6.07) is 7.47. The number of hydrogen-bond acceptors (Lipinski definition) is 7. The average molecular weight is 443 g/mol. The predicted molar refractivity (Wildman–Crippen MR) is 119 cm³/mol. The second kappa shape index (κ2) is 10.2. The number of methoxy groups -OCH3 is 2. The van der Waals surface area contributed by atoms with E-state index in [-0.39, 0.29) is 11.7 Å². The van der Waals surface area contributed by atoms with Gasteiger partial charge in [0.2, 0.25) is 5.91 Å². The van der Waals surface area contributed by atoms with Crippen LogP contribution in [0, 0.1) is 6.92 Å². The molecule has 164 valence electrons. The summed E-state index contributed by atoms with van der Waals surface area (Å²) in [6.07, 6.45) is 3.40. The largest absolute Gasteiger partial charge is 0.493 e. The molecule has 1 amide bonds. The van der Waals surface area contributed by atoms with Gasteiger partial charge in [0.1, 0.15) is 5.76 Å². The van der Waals surface area contributed by atoms with Gasteiger partial charge in [-0.15, -0.1) is 16.8 Å². The van der Waals surface area contributed by atoms with Gasteiger partial charge in [0, 0.05) is 20.1 Å². The SMILES string of the molecule is C=CCn1c(SCC(=O)N(C)Cc2ccc(OC)c(OC)c2)nnc1-c1ccoc1C. The summed E-state index contributed by atoms with van der Waals surface area (Å²) in [4.78, 5) is 14.4. The van der Waals surface area contributed by atoms with E-state index >= 15 is 0 Å². The third kappa shape index (κ3) is 5.11. The minimum atomic E-state index is -0.0195. The minimum Gasteiger partial charge on any atom is -0.493 e. The average Bonchev–Trinajstić information content (AvgIpc) is 3.37. The number of carbonyl (C=O) groups is 1. The van der Waals surface area contributed by atoms with Crippen LogP contribution in [0.3, 0.4) is 0 Å². The Bertz CT molecular complexity index is 1060. The number of nitrogens with zero attached hydrogens (tertiary/aromatic N) is 4. The van der Waals surface area contributed by atoms with E-state index in [0.29, 0.717) is 35.6 Å². The number of thioether (sulfide) groups is 1. The molecule has 0 aliphatic heterocycles. The molecule has 31 heavy (non-hydrogen) atoms. The van der Waals surface area contributed by atoms with Crippen molar-refractivity contribution in [3.8, 4) is 22.9 Å². The van der Waals surface area contributed by atoms with E-state index in [9.17, 15) is 4.79 Å². The second-order valence-electron chi connectivity index (χ2n) is 6.82. The van der Waals surface area contributed by atoms with Crippen molar-refractivity contribution in [2.45, 2.75) is 25.2 Å². The number of carbonyl (C=O) groups excluding carboxylic acids is 1. The molecule has 2 aromatic heterocycles. The van der Waals surface area contributed by atoms with Crippen LogP contribution in [-0.2, 0) is 17.9 Å². The Balaban J connectivity index is 1.67. The number of aryl methyl sites for hydroxylation is 1. The first kappa shape index (κ1) is 22.5.